The Hall–Kier alpha value is -2.30. The zero-order chi connectivity index (χ0) is 16.3. The van der Waals surface area contributed by atoms with E-state index < -0.39 is 0 Å². The molecule has 5 aromatic rings. The smallest absolute Gasteiger partial charge is 0.0925 e. The van der Waals surface area contributed by atoms with Crippen molar-refractivity contribution in [2.75, 3.05) is 0 Å². The summed E-state index contributed by atoms with van der Waals surface area (Å²) in [6, 6.07) is 6.00. The largest absolute Gasteiger partial charge is 0.255 e. The number of aromatic nitrogens is 2. The van der Waals surface area contributed by atoms with Crippen LogP contribution in [0.2, 0.25) is 0 Å². The second-order valence-electron chi connectivity index (χ2n) is 6.03. The quantitative estimate of drug-likeness (QED) is 0.354. The van der Waals surface area contributed by atoms with E-state index in [0.29, 0.717) is 0 Å². The molecule has 0 aliphatic carbocycles. The van der Waals surface area contributed by atoms with Gasteiger partial charge in [0.25, 0.3) is 0 Å². The molecule has 4 heteroatoms. The minimum Gasteiger partial charge on any atom is -0.255 e. The minimum atomic E-state index is 0.939. The third-order valence-corrected chi connectivity index (χ3v) is 6.17. The second kappa shape index (κ2) is 5.10. The van der Waals surface area contributed by atoms with Crippen LogP contribution in [0.3, 0.4) is 0 Å². The molecule has 5 rings (SSSR count). The standard InChI is InChI=1S/C20H14N2S2/c1-11-18-15-9-23-7-13(15)14-8-24-10-16(14)19(18)12(2)22-20(11)17-5-3-4-6-21-17/h3-10H,1-2H3. The number of thiophene rings is 2. The van der Waals surface area contributed by atoms with E-state index in [-0.39, 0.29) is 0 Å². The Morgan fingerprint density at radius 2 is 1.46 bits per heavy atom. The van der Waals surface area contributed by atoms with E-state index in [1.807, 2.05) is 24.4 Å². The van der Waals surface area contributed by atoms with Crippen molar-refractivity contribution in [3.05, 3.63) is 57.2 Å². The van der Waals surface area contributed by atoms with Crippen molar-refractivity contribution in [3.8, 4) is 11.4 Å². The zero-order valence-electron chi connectivity index (χ0n) is 13.3. The molecule has 0 fully saturated rings. The molecule has 0 saturated carbocycles. The van der Waals surface area contributed by atoms with Gasteiger partial charge in [-0.15, -0.1) is 0 Å². The Bertz CT molecular complexity index is 1220. The summed E-state index contributed by atoms with van der Waals surface area (Å²) in [5.41, 5.74) is 4.22. The summed E-state index contributed by atoms with van der Waals surface area (Å²) in [5.74, 6) is 0. The Kier molecular flexibility index (Phi) is 2.99. The van der Waals surface area contributed by atoms with E-state index in [4.69, 9.17) is 4.98 Å². The molecular weight excluding hydrogens is 332 g/mol. The molecular formula is C20H14N2S2. The van der Waals surface area contributed by atoms with Crippen LogP contribution in [0.5, 0.6) is 0 Å². The van der Waals surface area contributed by atoms with Gasteiger partial charge in [-0.3, -0.25) is 9.97 Å². The van der Waals surface area contributed by atoms with Gasteiger partial charge < -0.3 is 0 Å². The van der Waals surface area contributed by atoms with Gasteiger partial charge in [0.1, 0.15) is 0 Å². The molecule has 1 aromatic carbocycles. The highest BCUT2D eigenvalue weighted by Crippen LogP contribution is 2.42. The van der Waals surface area contributed by atoms with Crippen molar-refractivity contribution in [1.29, 1.82) is 0 Å². The highest BCUT2D eigenvalue weighted by molar-refractivity contribution is 7.11. The van der Waals surface area contributed by atoms with Crippen LogP contribution in [-0.2, 0) is 0 Å². The first-order valence-electron chi connectivity index (χ1n) is 7.82. The van der Waals surface area contributed by atoms with E-state index in [9.17, 15) is 0 Å². The van der Waals surface area contributed by atoms with Gasteiger partial charge in [-0.25, -0.2) is 0 Å². The number of rotatable bonds is 1. The summed E-state index contributed by atoms with van der Waals surface area (Å²) >= 11 is 3.54. The van der Waals surface area contributed by atoms with E-state index >= 15 is 0 Å². The van der Waals surface area contributed by atoms with Gasteiger partial charge in [0.15, 0.2) is 0 Å². The van der Waals surface area contributed by atoms with Crippen LogP contribution in [0.4, 0.5) is 0 Å². The number of fused-ring (bicyclic) bond motifs is 6. The van der Waals surface area contributed by atoms with Crippen LogP contribution < -0.4 is 0 Å². The lowest BCUT2D eigenvalue weighted by Crippen LogP contribution is -1.96. The normalized spacial score (nSPS) is 11.8. The van der Waals surface area contributed by atoms with Crippen molar-refractivity contribution in [2.24, 2.45) is 0 Å². The predicted molar refractivity (Wildman–Crippen MR) is 105 cm³/mol. The lowest BCUT2D eigenvalue weighted by atomic mass is 9.94. The first kappa shape index (κ1) is 14.1. The number of pyridine rings is 2. The third kappa shape index (κ3) is 1.81. The first-order chi connectivity index (χ1) is 11.8. The Balaban J connectivity index is 2.05. The Morgan fingerprint density at radius 1 is 0.792 bits per heavy atom. The summed E-state index contributed by atoms with van der Waals surface area (Å²) in [5, 5.41) is 17.0. The fourth-order valence-corrected chi connectivity index (χ4v) is 5.29. The highest BCUT2D eigenvalue weighted by atomic mass is 32.1. The lowest BCUT2D eigenvalue weighted by Gasteiger charge is -2.13. The number of benzene rings is 1. The molecule has 0 N–H and O–H groups in total. The fraction of sp³-hybridized carbons (Fsp3) is 0.100. The number of nitrogens with zero attached hydrogens (tertiary/aromatic N) is 2. The fourth-order valence-electron chi connectivity index (χ4n) is 3.61. The summed E-state index contributed by atoms with van der Waals surface area (Å²) < 4.78 is 0. The van der Waals surface area contributed by atoms with Crippen molar-refractivity contribution in [1.82, 2.24) is 9.97 Å². The maximum atomic E-state index is 4.94. The molecule has 0 amide bonds. The lowest BCUT2D eigenvalue weighted by molar-refractivity contribution is 1.18. The van der Waals surface area contributed by atoms with Crippen LogP contribution in [0.15, 0.2) is 45.9 Å². The van der Waals surface area contributed by atoms with Crippen molar-refractivity contribution >= 4 is 55.0 Å². The Morgan fingerprint density at radius 3 is 2.12 bits per heavy atom. The predicted octanol–water partition coefficient (Wildman–Crippen LogP) is 6.34. The van der Waals surface area contributed by atoms with Gasteiger partial charge in [0.2, 0.25) is 0 Å². The number of aryl methyl sites for hydroxylation is 2. The average Bonchev–Trinajstić information content (AvgIpc) is 3.26. The van der Waals surface area contributed by atoms with Gasteiger partial charge in [-0.1, -0.05) is 6.07 Å². The average molecular weight is 346 g/mol. The molecule has 0 spiro atoms. The third-order valence-electron chi connectivity index (χ3n) is 4.68. The van der Waals surface area contributed by atoms with Crippen LogP contribution in [0.1, 0.15) is 11.3 Å². The van der Waals surface area contributed by atoms with Crippen LogP contribution in [-0.4, -0.2) is 9.97 Å². The minimum absolute atomic E-state index is 0.939. The SMILES string of the molecule is Cc1nc(-c2ccccn2)c(C)c2c3cscc3c3cscc3c12. The van der Waals surface area contributed by atoms with Gasteiger partial charge in [-0.05, 0) is 58.5 Å². The van der Waals surface area contributed by atoms with Gasteiger partial charge in [-0.2, -0.15) is 22.7 Å². The number of hydrogen-bond acceptors (Lipinski definition) is 4. The van der Waals surface area contributed by atoms with Gasteiger partial charge >= 0.3 is 0 Å². The monoisotopic (exact) mass is 346 g/mol. The molecule has 0 radical (unpaired) electrons. The maximum Gasteiger partial charge on any atom is 0.0925 e. The molecule has 0 unspecified atom stereocenters. The van der Waals surface area contributed by atoms with E-state index in [2.05, 4.69) is 40.4 Å². The summed E-state index contributed by atoms with van der Waals surface area (Å²) in [6.45, 7) is 4.29. The molecule has 2 nitrogen and oxygen atoms in total. The number of hydrogen-bond donors (Lipinski definition) is 0. The summed E-state index contributed by atoms with van der Waals surface area (Å²) in [7, 11) is 0. The van der Waals surface area contributed by atoms with Crippen LogP contribution >= 0.6 is 22.7 Å². The van der Waals surface area contributed by atoms with Gasteiger partial charge in [0.05, 0.1) is 11.4 Å². The van der Waals surface area contributed by atoms with Gasteiger partial charge in [0, 0.05) is 38.8 Å². The zero-order valence-corrected chi connectivity index (χ0v) is 15.0. The van der Waals surface area contributed by atoms with Crippen LogP contribution in [0.25, 0.3) is 43.7 Å². The molecule has 0 aliphatic rings. The molecule has 0 bridgehead atoms. The first-order valence-corrected chi connectivity index (χ1v) is 9.70. The molecule has 0 saturated heterocycles. The molecule has 4 aromatic heterocycles. The topological polar surface area (TPSA) is 25.8 Å². The summed E-state index contributed by atoms with van der Waals surface area (Å²) in [4.78, 5) is 9.46. The highest BCUT2D eigenvalue weighted by Gasteiger charge is 2.18. The van der Waals surface area contributed by atoms with E-state index in [1.54, 1.807) is 22.7 Å². The second-order valence-corrected chi connectivity index (χ2v) is 7.52. The Labute approximate surface area is 147 Å². The summed E-state index contributed by atoms with van der Waals surface area (Å²) in [6.07, 6.45) is 1.83. The maximum absolute atomic E-state index is 4.94. The van der Waals surface area contributed by atoms with Crippen molar-refractivity contribution in [2.45, 2.75) is 13.8 Å². The van der Waals surface area contributed by atoms with Crippen molar-refractivity contribution in [3.63, 3.8) is 0 Å². The van der Waals surface area contributed by atoms with E-state index in [0.717, 1.165) is 17.1 Å². The van der Waals surface area contributed by atoms with Crippen molar-refractivity contribution < 1.29 is 0 Å². The molecule has 4 heterocycles. The molecule has 0 aliphatic heterocycles. The molecule has 24 heavy (non-hydrogen) atoms. The van der Waals surface area contributed by atoms with E-state index in [1.165, 1.54) is 37.9 Å². The van der Waals surface area contributed by atoms with Crippen LogP contribution in [0, 0.1) is 13.8 Å². The molecule has 116 valence electrons. The molecule has 0 atom stereocenters.